The highest BCUT2D eigenvalue weighted by atomic mass is 31.2. The molecule has 0 aliphatic rings. The first-order valence-electron chi connectivity index (χ1n) is 21.7. The maximum atomic E-state index is 12.6. The molecule has 0 aromatic heterocycles. The number of esters is 2. The third-order valence-corrected chi connectivity index (χ3v) is 9.44. The van der Waals surface area contributed by atoms with E-state index < -0.39 is 32.5 Å². The zero-order valence-electron chi connectivity index (χ0n) is 35.5. The summed E-state index contributed by atoms with van der Waals surface area (Å²) in [5.74, 6) is -0.902. The van der Waals surface area contributed by atoms with Gasteiger partial charge in [-0.1, -0.05) is 143 Å². The van der Waals surface area contributed by atoms with Crippen LogP contribution in [0.5, 0.6) is 0 Å². The average Bonchev–Trinajstić information content (AvgIpc) is 3.20. The number of allylic oxidation sites excluding steroid dienone is 16. The van der Waals surface area contributed by atoms with Crippen molar-refractivity contribution in [2.45, 2.75) is 161 Å². The van der Waals surface area contributed by atoms with Gasteiger partial charge in [0.2, 0.25) is 0 Å². The van der Waals surface area contributed by atoms with Gasteiger partial charge in [-0.3, -0.25) is 18.6 Å². The SMILES string of the molecule is CC/C=C/C/C=C/C/C=C/C/C=C/C/C=C/CCCCCC(=O)OC[C@H](COP(=O)(O)OCCN)OC(=O)CCCCCC/C=C/C/C=C/C/C=C/CCCCC. The van der Waals surface area contributed by atoms with E-state index in [0.29, 0.717) is 12.8 Å². The van der Waals surface area contributed by atoms with Crippen LogP contribution in [0.25, 0.3) is 0 Å². The summed E-state index contributed by atoms with van der Waals surface area (Å²) in [6, 6.07) is 0. The van der Waals surface area contributed by atoms with Crippen LogP contribution < -0.4 is 5.73 Å². The Bertz CT molecular complexity index is 1250. The smallest absolute Gasteiger partial charge is 0.462 e. The molecule has 0 aliphatic heterocycles. The number of carbonyl (C=O) groups is 2. The van der Waals surface area contributed by atoms with Crippen LogP contribution in [0.3, 0.4) is 0 Å². The second kappa shape index (κ2) is 42.5. The monoisotopic (exact) mass is 816 g/mol. The van der Waals surface area contributed by atoms with Crippen LogP contribution in [0, 0.1) is 0 Å². The molecule has 10 heteroatoms. The van der Waals surface area contributed by atoms with Crippen LogP contribution in [-0.2, 0) is 32.7 Å². The van der Waals surface area contributed by atoms with Gasteiger partial charge >= 0.3 is 19.8 Å². The van der Waals surface area contributed by atoms with E-state index in [1.54, 1.807) is 0 Å². The molecule has 2 atom stereocenters. The zero-order chi connectivity index (χ0) is 41.8. The Morgan fingerprint density at radius 3 is 1.44 bits per heavy atom. The van der Waals surface area contributed by atoms with Crippen molar-refractivity contribution < 1.29 is 37.6 Å². The Kier molecular flexibility index (Phi) is 40.2. The van der Waals surface area contributed by atoms with Gasteiger partial charge in [-0.15, -0.1) is 0 Å². The molecular weight excluding hydrogens is 737 g/mol. The molecule has 0 saturated heterocycles. The molecule has 0 aromatic carbocycles. The minimum absolute atomic E-state index is 0.0389. The fourth-order valence-electron chi connectivity index (χ4n) is 5.25. The first-order valence-corrected chi connectivity index (χ1v) is 23.2. The van der Waals surface area contributed by atoms with Crippen molar-refractivity contribution in [2.75, 3.05) is 26.4 Å². The van der Waals surface area contributed by atoms with Crippen LogP contribution in [0.1, 0.15) is 155 Å². The fraction of sp³-hybridized carbons (Fsp3) is 0.617. The van der Waals surface area contributed by atoms with Gasteiger partial charge in [0, 0.05) is 19.4 Å². The summed E-state index contributed by atoms with van der Waals surface area (Å²) in [5.41, 5.74) is 5.34. The Balaban J connectivity index is 4.29. The van der Waals surface area contributed by atoms with Gasteiger partial charge in [-0.05, 0) is 96.3 Å². The lowest BCUT2D eigenvalue weighted by molar-refractivity contribution is -0.161. The van der Waals surface area contributed by atoms with Crippen LogP contribution in [0.2, 0.25) is 0 Å². The number of hydrogen-bond acceptors (Lipinski definition) is 8. The van der Waals surface area contributed by atoms with Crippen molar-refractivity contribution >= 4 is 19.8 Å². The summed E-state index contributed by atoms with van der Waals surface area (Å²) in [7, 11) is -4.40. The molecular formula is C47H78NO8P. The zero-order valence-corrected chi connectivity index (χ0v) is 36.4. The van der Waals surface area contributed by atoms with E-state index in [1.807, 2.05) is 0 Å². The fourth-order valence-corrected chi connectivity index (χ4v) is 6.02. The number of carbonyl (C=O) groups excluding carboxylic acids is 2. The van der Waals surface area contributed by atoms with E-state index in [4.69, 9.17) is 24.3 Å². The highest BCUT2D eigenvalue weighted by molar-refractivity contribution is 7.47. The lowest BCUT2D eigenvalue weighted by Gasteiger charge is -2.19. The van der Waals surface area contributed by atoms with E-state index in [2.05, 4.69) is 111 Å². The first kappa shape index (κ1) is 53.9. The van der Waals surface area contributed by atoms with E-state index in [0.717, 1.165) is 89.9 Å². The van der Waals surface area contributed by atoms with Crippen molar-refractivity contribution in [3.05, 3.63) is 97.2 Å². The number of rotatable bonds is 39. The number of unbranched alkanes of at least 4 members (excludes halogenated alkanes) is 10. The molecule has 0 radical (unpaired) electrons. The topological polar surface area (TPSA) is 134 Å². The maximum absolute atomic E-state index is 12.6. The van der Waals surface area contributed by atoms with Crippen molar-refractivity contribution in [1.82, 2.24) is 0 Å². The Morgan fingerprint density at radius 2 is 0.965 bits per heavy atom. The van der Waals surface area contributed by atoms with Gasteiger partial charge in [0.05, 0.1) is 13.2 Å². The van der Waals surface area contributed by atoms with E-state index in [9.17, 15) is 19.0 Å². The van der Waals surface area contributed by atoms with E-state index in [-0.39, 0.29) is 32.6 Å². The number of phosphoric acid groups is 1. The maximum Gasteiger partial charge on any atom is 0.472 e. The lowest BCUT2D eigenvalue weighted by Crippen LogP contribution is -2.29. The van der Waals surface area contributed by atoms with Crippen LogP contribution in [0.15, 0.2) is 97.2 Å². The third-order valence-electron chi connectivity index (χ3n) is 8.45. The number of hydrogen-bond donors (Lipinski definition) is 2. The summed E-state index contributed by atoms with van der Waals surface area (Å²) in [4.78, 5) is 34.9. The van der Waals surface area contributed by atoms with Gasteiger partial charge < -0.3 is 20.1 Å². The second-order valence-electron chi connectivity index (χ2n) is 13.8. The Morgan fingerprint density at radius 1 is 0.544 bits per heavy atom. The Hall–Kier alpha value is -3.07. The molecule has 9 nitrogen and oxygen atoms in total. The molecule has 0 aromatic rings. The molecule has 0 amide bonds. The number of nitrogens with two attached hydrogens (primary N) is 1. The van der Waals surface area contributed by atoms with E-state index in [1.165, 1.54) is 25.7 Å². The van der Waals surface area contributed by atoms with Crippen molar-refractivity contribution in [2.24, 2.45) is 5.73 Å². The van der Waals surface area contributed by atoms with Gasteiger partial charge in [0.15, 0.2) is 6.10 Å². The molecule has 0 bridgehead atoms. The number of ether oxygens (including phenoxy) is 2. The minimum atomic E-state index is -4.40. The molecule has 324 valence electrons. The summed E-state index contributed by atoms with van der Waals surface area (Å²) in [5, 5.41) is 0. The van der Waals surface area contributed by atoms with Crippen molar-refractivity contribution in [3.63, 3.8) is 0 Å². The summed E-state index contributed by atoms with van der Waals surface area (Å²) >= 11 is 0. The number of phosphoric ester groups is 1. The van der Waals surface area contributed by atoms with Crippen molar-refractivity contribution in [3.8, 4) is 0 Å². The summed E-state index contributed by atoms with van der Waals surface area (Å²) < 4.78 is 32.7. The predicted octanol–water partition coefficient (Wildman–Crippen LogP) is 12.6. The van der Waals surface area contributed by atoms with Crippen LogP contribution >= 0.6 is 7.82 Å². The van der Waals surface area contributed by atoms with Gasteiger partial charge in [0.1, 0.15) is 6.61 Å². The second-order valence-corrected chi connectivity index (χ2v) is 15.3. The molecule has 1 unspecified atom stereocenters. The summed E-state index contributed by atoms with van der Waals surface area (Å²) in [6.45, 7) is 3.50. The molecule has 0 saturated carbocycles. The minimum Gasteiger partial charge on any atom is -0.462 e. The lowest BCUT2D eigenvalue weighted by atomic mass is 10.1. The molecule has 0 rings (SSSR count). The molecule has 3 N–H and O–H groups in total. The van der Waals surface area contributed by atoms with E-state index >= 15 is 0 Å². The molecule has 0 aliphatic carbocycles. The Labute approximate surface area is 346 Å². The quantitative estimate of drug-likeness (QED) is 0.0269. The average molecular weight is 816 g/mol. The molecule has 0 fully saturated rings. The predicted molar refractivity (Wildman–Crippen MR) is 238 cm³/mol. The standard InChI is InChI=1S/C47H78NO8P/c1-3-5-7-9-11-13-15-17-19-21-22-24-25-27-29-31-33-35-37-39-46(49)53-43-45(44-55-57(51,52)54-42-41-48)56-47(50)40-38-36-34-32-30-28-26-23-20-18-16-14-12-10-8-6-4-2/h5,7,11-14,17-20,22,24,26-29,45H,3-4,6,8-10,15-16,21,23,25,30-44,48H2,1-2H3,(H,51,52)/b7-5+,13-11+,14-12+,19-17+,20-18+,24-22+,28-26+,29-27+/t45-/m1/s1. The molecule has 57 heavy (non-hydrogen) atoms. The van der Waals surface area contributed by atoms with Gasteiger partial charge in [-0.2, -0.15) is 0 Å². The summed E-state index contributed by atoms with van der Waals surface area (Å²) in [6.07, 6.45) is 54.3. The highest BCUT2D eigenvalue weighted by Crippen LogP contribution is 2.43. The third kappa shape index (κ3) is 42.4. The first-order chi connectivity index (χ1) is 27.8. The molecule has 0 heterocycles. The van der Waals surface area contributed by atoms with Crippen LogP contribution in [-0.4, -0.2) is 49.3 Å². The largest absolute Gasteiger partial charge is 0.472 e. The molecule has 0 spiro atoms. The van der Waals surface area contributed by atoms with Gasteiger partial charge in [0.25, 0.3) is 0 Å². The van der Waals surface area contributed by atoms with Crippen molar-refractivity contribution in [1.29, 1.82) is 0 Å². The normalized spacial score (nSPS) is 14.2. The van der Waals surface area contributed by atoms with Gasteiger partial charge in [-0.25, -0.2) is 4.57 Å². The van der Waals surface area contributed by atoms with Crippen LogP contribution in [0.4, 0.5) is 0 Å². The highest BCUT2D eigenvalue weighted by Gasteiger charge is 2.25.